The van der Waals surface area contributed by atoms with Gasteiger partial charge in [-0.05, 0) is 68.0 Å². The van der Waals surface area contributed by atoms with Crippen molar-refractivity contribution in [2.45, 2.75) is 53.5 Å². The molecule has 0 radical (unpaired) electrons. The molecular formula is C20H27N. The van der Waals surface area contributed by atoms with Crippen molar-refractivity contribution in [2.24, 2.45) is 0 Å². The Morgan fingerprint density at radius 3 is 2.05 bits per heavy atom. The predicted molar refractivity (Wildman–Crippen MR) is 93.2 cm³/mol. The molecule has 0 aliphatic heterocycles. The van der Waals surface area contributed by atoms with Crippen molar-refractivity contribution in [3.63, 3.8) is 0 Å². The van der Waals surface area contributed by atoms with E-state index in [0.717, 1.165) is 0 Å². The lowest BCUT2D eigenvalue weighted by Gasteiger charge is -2.21. The Balaban J connectivity index is 2.26. The Labute approximate surface area is 129 Å². The molecule has 1 unspecified atom stereocenters. The normalized spacial score (nSPS) is 12.5. The van der Waals surface area contributed by atoms with Crippen LogP contribution in [-0.2, 0) is 0 Å². The fourth-order valence-electron chi connectivity index (χ4n) is 3.18. The van der Waals surface area contributed by atoms with Gasteiger partial charge in [0, 0.05) is 11.7 Å². The smallest absolute Gasteiger partial charge is 0.0490 e. The van der Waals surface area contributed by atoms with E-state index in [0.29, 0.717) is 12.0 Å². The van der Waals surface area contributed by atoms with Gasteiger partial charge in [0.05, 0.1) is 0 Å². The highest BCUT2D eigenvalue weighted by Crippen LogP contribution is 2.27. The molecule has 21 heavy (non-hydrogen) atoms. The second-order valence-electron chi connectivity index (χ2n) is 6.46. The van der Waals surface area contributed by atoms with Crippen molar-refractivity contribution in [1.82, 2.24) is 0 Å². The minimum Gasteiger partial charge on any atom is -0.378 e. The molecule has 0 fully saturated rings. The molecule has 0 amide bonds. The maximum Gasteiger partial charge on any atom is 0.0490 e. The first kappa shape index (κ1) is 15.6. The first-order valence-corrected chi connectivity index (χ1v) is 7.82. The summed E-state index contributed by atoms with van der Waals surface area (Å²) >= 11 is 0. The van der Waals surface area contributed by atoms with E-state index in [1.807, 2.05) is 0 Å². The van der Waals surface area contributed by atoms with Crippen LogP contribution >= 0.6 is 0 Å². The Hall–Kier alpha value is -1.76. The lowest BCUT2D eigenvalue weighted by atomic mass is 9.94. The summed E-state index contributed by atoms with van der Waals surface area (Å²) < 4.78 is 0. The molecule has 2 aromatic rings. The van der Waals surface area contributed by atoms with Gasteiger partial charge in [-0.1, -0.05) is 43.7 Å². The molecule has 1 N–H and O–H groups in total. The molecule has 1 atom stereocenters. The number of hydrogen-bond donors (Lipinski definition) is 1. The van der Waals surface area contributed by atoms with Gasteiger partial charge in [0.2, 0.25) is 0 Å². The van der Waals surface area contributed by atoms with Crippen LogP contribution < -0.4 is 5.32 Å². The summed E-state index contributed by atoms with van der Waals surface area (Å²) in [6, 6.07) is 13.6. The van der Waals surface area contributed by atoms with Crippen LogP contribution in [-0.4, -0.2) is 0 Å². The van der Waals surface area contributed by atoms with Crippen molar-refractivity contribution < 1.29 is 0 Å². The average Bonchev–Trinajstić information content (AvgIpc) is 2.37. The molecule has 0 aliphatic carbocycles. The largest absolute Gasteiger partial charge is 0.378 e. The molecule has 1 nitrogen and oxygen atoms in total. The number of anilines is 1. The molecule has 0 saturated heterocycles. The van der Waals surface area contributed by atoms with E-state index in [9.17, 15) is 0 Å². The summed E-state index contributed by atoms with van der Waals surface area (Å²) in [6.07, 6.45) is 0. The quantitative estimate of drug-likeness (QED) is 0.734. The monoisotopic (exact) mass is 281 g/mol. The van der Waals surface area contributed by atoms with E-state index in [4.69, 9.17) is 0 Å². The van der Waals surface area contributed by atoms with Gasteiger partial charge in [0.15, 0.2) is 0 Å². The van der Waals surface area contributed by atoms with Crippen LogP contribution in [0.15, 0.2) is 36.4 Å². The van der Waals surface area contributed by atoms with Gasteiger partial charge in [-0.25, -0.2) is 0 Å². The highest BCUT2D eigenvalue weighted by atomic mass is 14.9. The number of hydrogen-bond acceptors (Lipinski definition) is 1. The summed E-state index contributed by atoms with van der Waals surface area (Å²) in [5.41, 5.74) is 8.07. The van der Waals surface area contributed by atoms with Crippen LogP contribution in [0.3, 0.4) is 0 Å². The van der Waals surface area contributed by atoms with E-state index in [-0.39, 0.29) is 0 Å². The van der Waals surface area contributed by atoms with E-state index >= 15 is 0 Å². The lowest BCUT2D eigenvalue weighted by Crippen LogP contribution is -2.10. The third kappa shape index (κ3) is 3.66. The number of rotatable bonds is 4. The molecule has 0 bridgehead atoms. The third-order valence-electron chi connectivity index (χ3n) is 4.11. The van der Waals surface area contributed by atoms with Crippen molar-refractivity contribution in [3.05, 3.63) is 64.2 Å². The van der Waals surface area contributed by atoms with Crippen molar-refractivity contribution in [1.29, 1.82) is 0 Å². The summed E-state index contributed by atoms with van der Waals surface area (Å²) in [4.78, 5) is 0. The standard InChI is InChI=1S/C20H27N/c1-13(2)18-8-7-9-19(12-18)21-17(6)20-15(4)10-14(3)11-16(20)5/h7-13,17,21H,1-6H3. The molecule has 2 rings (SSSR count). The molecule has 1 heteroatoms. The summed E-state index contributed by atoms with van der Waals surface area (Å²) in [5.74, 6) is 0.560. The molecule has 0 spiro atoms. The molecule has 2 aromatic carbocycles. The first-order chi connectivity index (χ1) is 9.88. The van der Waals surface area contributed by atoms with E-state index in [1.165, 1.54) is 33.5 Å². The van der Waals surface area contributed by atoms with E-state index in [1.54, 1.807) is 0 Å². The maximum atomic E-state index is 3.65. The maximum absolute atomic E-state index is 3.65. The van der Waals surface area contributed by atoms with Gasteiger partial charge in [-0.15, -0.1) is 0 Å². The van der Waals surface area contributed by atoms with Crippen LogP contribution in [0, 0.1) is 20.8 Å². The number of nitrogens with one attached hydrogen (secondary N) is 1. The van der Waals surface area contributed by atoms with E-state index in [2.05, 4.69) is 83.3 Å². The van der Waals surface area contributed by atoms with Gasteiger partial charge in [-0.2, -0.15) is 0 Å². The summed E-state index contributed by atoms with van der Waals surface area (Å²) in [6.45, 7) is 13.3. The molecule has 112 valence electrons. The Kier molecular flexibility index (Phi) is 4.72. The molecule has 0 saturated carbocycles. The molecule has 0 aliphatic rings. The van der Waals surface area contributed by atoms with Gasteiger partial charge >= 0.3 is 0 Å². The highest BCUT2D eigenvalue weighted by Gasteiger charge is 2.12. The summed E-state index contributed by atoms with van der Waals surface area (Å²) in [5, 5.41) is 3.65. The fraction of sp³-hybridized carbons (Fsp3) is 0.400. The molecule has 0 aromatic heterocycles. The zero-order valence-corrected chi connectivity index (χ0v) is 14.1. The zero-order chi connectivity index (χ0) is 15.6. The van der Waals surface area contributed by atoms with Gasteiger partial charge < -0.3 is 5.32 Å². The van der Waals surface area contributed by atoms with Gasteiger partial charge in [-0.3, -0.25) is 0 Å². The highest BCUT2D eigenvalue weighted by molar-refractivity contribution is 5.50. The Morgan fingerprint density at radius 1 is 0.857 bits per heavy atom. The van der Waals surface area contributed by atoms with Crippen molar-refractivity contribution in [3.8, 4) is 0 Å². The number of benzene rings is 2. The van der Waals surface area contributed by atoms with Crippen LogP contribution in [0.2, 0.25) is 0 Å². The number of aryl methyl sites for hydroxylation is 3. The first-order valence-electron chi connectivity index (χ1n) is 7.82. The van der Waals surface area contributed by atoms with Crippen molar-refractivity contribution >= 4 is 5.69 Å². The average molecular weight is 281 g/mol. The van der Waals surface area contributed by atoms with Gasteiger partial charge in [0.25, 0.3) is 0 Å². The Bertz CT molecular complexity index is 602. The van der Waals surface area contributed by atoms with Crippen LogP contribution in [0.1, 0.15) is 60.5 Å². The minimum absolute atomic E-state index is 0.313. The Morgan fingerprint density at radius 2 is 1.48 bits per heavy atom. The van der Waals surface area contributed by atoms with Gasteiger partial charge in [0.1, 0.15) is 0 Å². The van der Waals surface area contributed by atoms with Crippen LogP contribution in [0.5, 0.6) is 0 Å². The SMILES string of the molecule is Cc1cc(C)c(C(C)Nc2cccc(C(C)C)c2)c(C)c1. The predicted octanol–water partition coefficient (Wildman–Crippen LogP) is 5.91. The van der Waals surface area contributed by atoms with E-state index < -0.39 is 0 Å². The molecule has 0 heterocycles. The van der Waals surface area contributed by atoms with Crippen molar-refractivity contribution in [2.75, 3.05) is 5.32 Å². The molecular weight excluding hydrogens is 254 g/mol. The fourth-order valence-corrected chi connectivity index (χ4v) is 3.18. The zero-order valence-electron chi connectivity index (χ0n) is 14.1. The lowest BCUT2D eigenvalue weighted by molar-refractivity contribution is 0.850. The topological polar surface area (TPSA) is 12.0 Å². The second kappa shape index (κ2) is 6.34. The van der Waals surface area contributed by atoms with Crippen LogP contribution in [0.4, 0.5) is 5.69 Å². The minimum atomic E-state index is 0.313. The summed E-state index contributed by atoms with van der Waals surface area (Å²) in [7, 11) is 0. The van der Waals surface area contributed by atoms with Crippen LogP contribution in [0.25, 0.3) is 0 Å². The third-order valence-corrected chi connectivity index (χ3v) is 4.11. The second-order valence-corrected chi connectivity index (χ2v) is 6.46.